The van der Waals surface area contributed by atoms with Crippen LogP contribution in [0, 0.1) is 6.92 Å². The quantitative estimate of drug-likeness (QED) is 0.801. The standard InChI is InChI=1S/C17H20ClN/c1-13-8-11-16(18)17(12-13)19-14(2)9-10-15-6-4-3-5-7-15/h3-8,11-12,14,19H,9-10H2,1-2H3. The molecule has 1 N–H and O–H groups in total. The first kappa shape index (κ1) is 14.0. The lowest BCUT2D eigenvalue weighted by atomic mass is 10.1. The number of hydrogen-bond acceptors (Lipinski definition) is 1. The molecule has 0 bridgehead atoms. The molecule has 1 nitrogen and oxygen atoms in total. The van der Waals surface area contributed by atoms with Gasteiger partial charge in [0, 0.05) is 6.04 Å². The normalized spacial score (nSPS) is 12.2. The van der Waals surface area contributed by atoms with Crippen LogP contribution in [0.1, 0.15) is 24.5 Å². The van der Waals surface area contributed by atoms with Crippen LogP contribution >= 0.6 is 11.6 Å². The van der Waals surface area contributed by atoms with Gasteiger partial charge in [-0.25, -0.2) is 0 Å². The minimum atomic E-state index is 0.402. The molecule has 0 aliphatic carbocycles. The number of nitrogens with one attached hydrogen (secondary N) is 1. The third kappa shape index (κ3) is 4.29. The highest BCUT2D eigenvalue weighted by molar-refractivity contribution is 6.33. The number of halogens is 1. The van der Waals surface area contributed by atoms with Gasteiger partial charge in [0.2, 0.25) is 0 Å². The lowest BCUT2D eigenvalue weighted by molar-refractivity contribution is 0.706. The van der Waals surface area contributed by atoms with Gasteiger partial charge in [0.1, 0.15) is 0 Å². The summed E-state index contributed by atoms with van der Waals surface area (Å²) in [5.74, 6) is 0. The third-order valence-electron chi connectivity index (χ3n) is 3.23. The summed E-state index contributed by atoms with van der Waals surface area (Å²) in [4.78, 5) is 0. The molecular formula is C17H20ClN. The van der Waals surface area contributed by atoms with Gasteiger partial charge in [0.25, 0.3) is 0 Å². The van der Waals surface area contributed by atoms with Gasteiger partial charge in [-0.05, 0) is 49.9 Å². The summed E-state index contributed by atoms with van der Waals surface area (Å²) in [5.41, 5.74) is 3.64. The predicted molar refractivity (Wildman–Crippen MR) is 84.0 cm³/mol. The molecule has 2 heteroatoms. The highest BCUT2D eigenvalue weighted by atomic mass is 35.5. The van der Waals surface area contributed by atoms with Gasteiger partial charge in [-0.2, -0.15) is 0 Å². The van der Waals surface area contributed by atoms with Crippen LogP contribution in [0.25, 0.3) is 0 Å². The first-order valence-electron chi connectivity index (χ1n) is 6.72. The number of aryl methyl sites for hydroxylation is 2. The number of anilines is 1. The zero-order valence-electron chi connectivity index (χ0n) is 11.5. The second-order valence-electron chi connectivity index (χ2n) is 5.05. The highest BCUT2D eigenvalue weighted by Crippen LogP contribution is 2.24. The fourth-order valence-electron chi connectivity index (χ4n) is 2.12. The molecule has 19 heavy (non-hydrogen) atoms. The average Bonchev–Trinajstić information content (AvgIpc) is 2.42. The van der Waals surface area contributed by atoms with Gasteiger partial charge >= 0.3 is 0 Å². The van der Waals surface area contributed by atoms with Crippen LogP contribution in [0.15, 0.2) is 48.5 Å². The molecule has 100 valence electrons. The van der Waals surface area contributed by atoms with E-state index in [1.807, 2.05) is 12.1 Å². The summed E-state index contributed by atoms with van der Waals surface area (Å²) in [6.07, 6.45) is 2.17. The molecule has 0 radical (unpaired) electrons. The van der Waals surface area contributed by atoms with Crippen LogP contribution in [0.5, 0.6) is 0 Å². The lowest BCUT2D eigenvalue weighted by Crippen LogP contribution is -2.16. The second kappa shape index (κ2) is 6.63. The topological polar surface area (TPSA) is 12.0 Å². The van der Waals surface area contributed by atoms with E-state index in [-0.39, 0.29) is 0 Å². The Morgan fingerprint density at radius 3 is 2.58 bits per heavy atom. The van der Waals surface area contributed by atoms with E-state index < -0.39 is 0 Å². The van der Waals surface area contributed by atoms with E-state index in [1.165, 1.54) is 11.1 Å². The fourth-order valence-corrected chi connectivity index (χ4v) is 2.29. The van der Waals surface area contributed by atoms with Crippen LogP contribution in [-0.2, 0) is 6.42 Å². The first-order chi connectivity index (χ1) is 9.15. The van der Waals surface area contributed by atoms with Crippen molar-refractivity contribution in [2.45, 2.75) is 32.7 Å². The molecule has 1 unspecified atom stereocenters. The van der Waals surface area contributed by atoms with E-state index in [2.05, 4.69) is 55.6 Å². The summed E-state index contributed by atoms with van der Waals surface area (Å²) in [6, 6.07) is 17.1. The van der Waals surface area contributed by atoms with Gasteiger partial charge < -0.3 is 5.32 Å². The van der Waals surface area contributed by atoms with Gasteiger partial charge in [0.05, 0.1) is 10.7 Å². The van der Waals surface area contributed by atoms with Crippen molar-refractivity contribution in [3.05, 3.63) is 64.7 Å². The van der Waals surface area contributed by atoms with Crippen LogP contribution in [0.2, 0.25) is 5.02 Å². The van der Waals surface area contributed by atoms with Crippen molar-refractivity contribution in [2.75, 3.05) is 5.32 Å². The smallest absolute Gasteiger partial charge is 0.0637 e. The number of hydrogen-bond donors (Lipinski definition) is 1. The fraction of sp³-hybridized carbons (Fsp3) is 0.294. The number of benzene rings is 2. The molecular weight excluding hydrogens is 254 g/mol. The van der Waals surface area contributed by atoms with Crippen molar-refractivity contribution in [1.29, 1.82) is 0 Å². The van der Waals surface area contributed by atoms with Crippen molar-refractivity contribution in [1.82, 2.24) is 0 Å². The van der Waals surface area contributed by atoms with Crippen LogP contribution < -0.4 is 5.32 Å². The minimum Gasteiger partial charge on any atom is -0.381 e. The number of rotatable bonds is 5. The molecule has 1 atom stereocenters. The summed E-state index contributed by atoms with van der Waals surface area (Å²) < 4.78 is 0. The Kier molecular flexibility index (Phi) is 4.86. The molecule has 0 heterocycles. The van der Waals surface area contributed by atoms with Gasteiger partial charge in [0.15, 0.2) is 0 Å². The SMILES string of the molecule is Cc1ccc(Cl)c(NC(C)CCc2ccccc2)c1. The summed E-state index contributed by atoms with van der Waals surface area (Å²) >= 11 is 6.19. The first-order valence-corrected chi connectivity index (χ1v) is 7.09. The molecule has 0 aliphatic rings. The zero-order valence-corrected chi connectivity index (χ0v) is 12.2. The zero-order chi connectivity index (χ0) is 13.7. The van der Waals surface area contributed by atoms with E-state index in [4.69, 9.17) is 11.6 Å². The Hall–Kier alpha value is -1.47. The molecule has 2 aromatic carbocycles. The molecule has 0 saturated heterocycles. The van der Waals surface area contributed by atoms with E-state index in [0.717, 1.165) is 23.6 Å². The van der Waals surface area contributed by atoms with Crippen LogP contribution in [0.4, 0.5) is 5.69 Å². The van der Waals surface area contributed by atoms with Crippen molar-refractivity contribution in [2.24, 2.45) is 0 Å². The highest BCUT2D eigenvalue weighted by Gasteiger charge is 2.06. The van der Waals surface area contributed by atoms with Crippen molar-refractivity contribution >= 4 is 17.3 Å². The Morgan fingerprint density at radius 1 is 1.11 bits per heavy atom. The minimum absolute atomic E-state index is 0.402. The Labute approximate surface area is 120 Å². The van der Waals surface area contributed by atoms with E-state index in [1.54, 1.807) is 0 Å². The maximum Gasteiger partial charge on any atom is 0.0637 e. The van der Waals surface area contributed by atoms with E-state index in [9.17, 15) is 0 Å². The molecule has 0 aliphatic heterocycles. The van der Waals surface area contributed by atoms with Crippen molar-refractivity contribution in [3.63, 3.8) is 0 Å². The summed E-state index contributed by atoms with van der Waals surface area (Å²) in [6.45, 7) is 4.28. The largest absolute Gasteiger partial charge is 0.381 e. The molecule has 0 amide bonds. The molecule has 0 saturated carbocycles. The summed E-state index contributed by atoms with van der Waals surface area (Å²) in [5, 5.41) is 4.28. The third-order valence-corrected chi connectivity index (χ3v) is 3.56. The Balaban J connectivity index is 1.90. The van der Waals surface area contributed by atoms with Gasteiger partial charge in [-0.1, -0.05) is 48.0 Å². The van der Waals surface area contributed by atoms with Gasteiger partial charge in [-0.15, -0.1) is 0 Å². The van der Waals surface area contributed by atoms with Crippen LogP contribution in [-0.4, -0.2) is 6.04 Å². The maximum atomic E-state index is 6.19. The Morgan fingerprint density at radius 2 is 1.84 bits per heavy atom. The lowest BCUT2D eigenvalue weighted by Gasteiger charge is -2.17. The van der Waals surface area contributed by atoms with Crippen molar-refractivity contribution < 1.29 is 0 Å². The average molecular weight is 274 g/mol. The Bertz CT molecular complexity index is 522. The van der Waals surface area contributed by atoms with Gasteiger partial charge in [-0.3, -0.25) is 0 Å². The monoisotopic (exact) mass is 273 g/mol. The second-order valence-corrected chi connectivity index (χ2v) is 5.46. The maximum absolute atomic E-state index is 6.19. The predicted octanol–water partition coefficient (Wildman–Crippen LogP) is 5.08. The van der Waals surface area contributed by atoms with E-state index in [0.29, 0.717) is 6.04 Å². The van der Waals surface area contributed by atoms with Crippen molar-refractivity contribution in [3.8, 4) is 0 Å². The molecule has 0 spiro atoms. The molecule has 0 aromatic heterocycles. The molecule has 2 aromatic rings. The molecule has 2 rings (SSSR count). The van der Waals surface area contributed by atoms with Crippen LogP contribution in [0.3, 0.4) is 0 Å². The van der Waals surface area contributed by atoms with E-state index >= 15 is 0 Å². The summed E-state index contributed by atoms with van der Waals surface area (Å²) in [7, 11) is 0. The molecule has 0 fully saturated rings.